The number of carbonyl (C=O) groups is 2. The third-order valence-electron chi connectivity index (χ3n) is 2.84. The van der Waals surface area contributed by atoms with E-state index in [0.29, 0.717) is 18.0 Å². The fourth-order valence-corrected chi connectivity index (χ4v) is 4.63. The lowest BCUT2D eigenvalue weighted by atomic mass is 10.1. The minimum Gasteiger partial charge on any atom is -0.485 e. The topological polar surface area (TPSA) is 61.8 Å². The molecule has 17 heavy (non-hydrogen) atoms. The van der Waals surface area contributed by atoms with E-state index in [1.54, 1.807) is 0 Å². The molecule has 0 amide bonds. The van der Waals surface area contributed by atoms with Gasteiger partial charge in [-0.15, -0.1) is 0 Å². The molecule has 1 fully saturated rings. The molecular weight excluding hydrogens is 240 g/mol. The Morgan fingerprint density at radius 1 is 1.24 bits per heavy atom. The fraction of sp³-hybridized carbons (Fsp3) is 0.818. The molecule has 0 aliphatic carbocycles. The zero-order valence-corrected chi connectivity index (χ0v) is 11.7. The van der Waals surface area contributed by atoms with Gasteiger partial charge in [0.15, 0.2) is 0 Å². The number of hydrogen-bond acceptors (Lipinski definition) is 5. The van der Waals surface area contributed by atoms with Crippen LogP contribution >= 0.6 is 0 Å². The summed E-state index contributed by atoms with van der Waals surface area (Å²) in [6.07, 6.45) is 0.890. The van der Waals surface area contributed by atoms with Crippen LogP contribution in [0.4, 0.5) is 0 Å². The SMILES string of the molecule is CC[Si](CCC1COC1)(OC(C)=O)OC(C)=O. The van der Waals surface area contributed by atoms with Crippen LogP contribution in [0, 0.1) is 5.92 Å². The van der Waals surface area contributed by atoms with E-state index >= 15 is 0 Å². The first-order valence-corrected chi connectivity index (χ1v) is 8.17. The molecule has 0 N–H and O–H groups in total. The van der Waals surface area contributed by atoms with Crippen molar-refractivity contribution < 1.29 is 23.2 Å². The second-order valence-corrected chi connectivity index (χ2v) is 7.83. The Hall–Kier alpha value is -0.883. The Balaban J connectivity index is 2.58. The number of ether oxygens (including phenoxy) is 1. The maximum absolute atomic E-state index is 11.1. The number of rotatable bonds is 6. The van der Waals surface area contributed by atoms with Crippen molar-refractivity contribution in [2.24, 2.45) is 5.92 Å². The summed E-state index contributed by atoms with van der Waals surface area (Å²) in [6.45, 7) is 6.12. The van der Waals surface area contributed by atoms with E-state index in [1.165, 1.54) is 13.8 Å². The van der Waals surface area contributed by atoms with Crippen molar-refractivity contribution in [1.82, 2.24) is 0 Å². The van der Waals surface area contributed by atoms with E-state index in [0.717, 1.165) is 19.6 Å². The molecule has 0 saturated carbocycles. The van der Waals surface area contributed by atoms with Gasteiger partial charge in [-0.2, -0.15) is 0 Å². The summed E-state index contributed by atoms with van der Waals surface area (Å²) in [7, 11) is -2.70. The lowest BCUT2D eigenvalue weighted by Crippen LogP contribution is -2.45. The molecule has 1 saturated heterocycles. The van der Waals surface area contributed by atoms with Crippen LogP contribution in [0.25, 0.3) is 0 Å². The first-order chi connectivity index (χ1) is 7.97. The van der Waals surface area contributed by atoms with Gasteiger partial charge in [0, 0.05) is 31.9 Å². The van der Waals surface area contributed by atoms with Crippen LogP contribution in [0.5, 0.6) is 0 Å². The number of hydrogen-bond donors (Lipinski definition) is 0. The Morgan fingerprint density at radius 3 is 2.06 bits per heavy atom. The lowest BCUT2D eigenvalue weighted by molar-refractivity contribution is -0.139. The molecule has 0 aromatic carbocycles. The highest BCUT2D eigenvalue weighted by atomic mass is 28.4. The fourth-order valence-electron chi connectivity index (χ4n) is 1.84. The van der Waals surface area contributed by atoms with E-state index < -0.39 is 8.56 Å². The molecule has 0 atom stereocenters. The van der Waals surface area contributed by atoms with Crippen LogP contribution in [0.2, 0.25) is 12.1 Å². The van der Waals surface area contributed by atoms with Crippen LogP contribution in [-0.2, 0) is 23.2 Å². The predicted molar refractivity (Wildman–Crippen MR) is 63.5 cm³/mol. The average Bonchev–Trinajstić information content (AvgIpc) is 2.12. The van der Waals surface area contributed by atoms with Crippen molar-refractivity contribution in [1.29, 1.82) is 0 Å². The largest absolute Gasteiger partial charge is 0.485 e. The highest BCUT2D eigenvalue weighted by Gasteiger charge is 2.42. The molecule has 1 rings (SSSR count). The lowest BCUT2D eigenvalue weighted by Gasteiger charge is -2.31. The first kappa shape index (κ1) is 14.2. The number of carbonyl (C=O) groups excluding carboxylic acids is 2. The third-order valence-corrected chi connectivity index (χ3v) is 6.29. The maximum atomic E-state index is 11.1. The average molecular weight is 260 g/mol. The Bertz CT molecular complexity index is 272. The summed E-state index contributed by atoms with van der Waals surface area (Å²) in [5.41, 5.74) is 0. The van der Waals surface area contributed by atoms with Crippen molar-refractivity contribution in [3.05, 3.63) is 0 Å². The zero-order chi connectivity index (χ0) is 12.9. The summed E-state index contributed by atoms with van der Waals surface area (Å²) >= 11 is 0. The van der Waals surface area contributed by atoms with Gasteiger partial charge in [-0.05, 0) is 6.42 Å². The molecule has 0 aromatic heterocycles. The second kappa shape index (κ2) is 6.16. The maximum Gasteiger partial charge on any atom is 0.463 e. The first-order valence-electron chi connectivity index (χ1n) is 5.94. The van der Waals surface area contributed by atoms with E-state index in [-0.39, 0.29) is 11.9 Å². The van der Waals surface area contributed by atoms with Gasteiger partial charge in [-0.1, -0.05) is 6.92 Å². The van der Waals surface area contributed by atoms with E-state index in [9.17, 15) is 9.59 Å². The standard InChI is InChI=1S/C11H20O5Si/c1-4-17(15-9(2)12,16-10(3)13)6-5-11-7-14-8-11/h11H,4-8H2,1-3H3. The normalized spacial score (nSPS) is 16.2. The summed E-state index contributed by atoms with van der Waals surface area (Å²) < 4.78 is 15.8. The molecule has 98 valence electrons. The van der Waals surface area contributed by atoms with E-state index in [2.05, 4.69) is 0 Å². The van der Waals surface area contributed by atoms with Crippen molar-refractivity contribution in [2.45, 2.75) is 39.3 Å². The van der Waals surface area contributed by atoms with Crippen LogP contribution in [0.15, 0.2) is 0 Å². The van der Waals surface area contributed by atoms with Gasteiger partial charge in [0.05, 0.1) is 13.2 Å². The highest BCUT2D eigenvalue weighted by Crippen LogP contribution is 2.26. The van der Waals surface area contributed by atoms with Crippen LogP contribution in [-0.4, -0.2) is 33.7 Å². The molecule has 0 bridgehead atoms. The smallest absolute Gasteiger partial charge is 0.463 e. The molecule has 1 aliphatic rings. The summed E-state index contributed by atoms with van der Waals surface area (Å²) in [4.78, 5) is 22.2. The molecule has 1 heterocycles. The summed E-state index contributed by atoms with van der Waals surface area (Å²) in [5.74, 6) is -0.228. The van der Waals surface area contributed by atoms with Gasteiger partial charge in [-0.3, -0.25) is 9.59 Å². The molecule has 0 aromatic rings. The van der Waals surface area contributed by atoms with Crippen molar-refractivity contribution in [3.63, 3.8) is 0 Å². The van der Waals surface area contributed by atoms with Crippen molar-refractivity contribution in [3.8, 4) is 0 Å². The second-order valence-electron chi connectivity index (χ2n) is 4.39. The van der Waals surface area contributed by atoms with Crippen molar-refractivity contribution in [2.75, 3.05) is 13.2 Å². The quantitative estimate of drug-likeness (QED) is 0.679. The van der Waals surface area contributed by atoms with Crippen LogP contribution in [0.3, 0.4) is 0 Å². The highest BCUT2D eigenvalue weighted by molar-refractivity contribution is 6.70. The third kappa shape index (κ3) is 4.47. The molecular formula is C11H20O5Si. The zero-order valence-electron chi connectivity index (χ0n) is 10.7. The van der Waals surface area contributed by atoms with E-state index in [4.69, 9.17) is 13.6 Å². The van der Waals surface area contributed by atoms with Gasteiger partial charge in [0.1, 0.15) is 0 Å². The molecule has 0 unspecified atom stereocenters. The van der Waals surface area contributed by atoms with E-state index in [1.807, 2.05) is 6.92 Å². The summed E-state index contributed by atoms with van der Waals surface area (Å²) in [6, 6.07) is 1.26. The monoisotopic (exact) mass is 260 g/mol. The Kier molecular flexibility index (Phi) is 5.14. The van der Waals surface area contributed by atoms with Gasteiger partial charge in [0.25, 0.3) is 11.9 Å². The van der Waals surface area contributed by atoms with Gasteiger partial charge in [0.2, 0.25) is 0 Å². The molecule has 0 spiro atoms. The van der Waals surface area contributed by atoms with Gasteiger partial charge in [-0.25, -0.2) is 0 Å². The minimum absolute atomic E-state index is 0.371. The molecule has 0 radical (unpaired) electrons. The molecule has 1 aliphatic heterocycles. The van der Waals surface area contributed by atoms with Crippen molar-refractivity contribution >= 4 is 20.5 Å². The van der Waals surface area contributed by atoms with Gasteiger partial charge >= 0.3 is 8.56 Å². The van der Waals surface area contributed by atoms with Gasteiger partial charge < -0.3 is 13.6 Å². The van der Waals surface area contributed by atoms with Crippen LogP contribution in [0.1, 0.15) is 27.2 Å². The summed E-state index contributed by atoms with van der Waals surface area (Å²) in [5, 5.41) is 0. The Morgan fingerprint density at radius 2 is 1.76 bits per heavy atom. The minimum atomic E-state index is -2.70. The molecule has 5 nitrogen and oxygen atoms in total. The Labute approximate surface area is 103 Å². The molecule has 6 heteroatoms. The van der Waals surface area contributed by atoms with Crippen LogP contribution < -0.4 is 0 Å². The predicted octanol–water partition coefficient (Wildman–Crippen LogP) is 1.61.